The van der Waals surface area contributed by atoms with Gasteiger partial charge in [-0.15, -0.1) is 0 Å². The molecule has 3 amide bonds. The molecule has 6 nitrogen and oxygen atoms in total. The normalized spacial score (nSPS) is 10.4. The molecule has 2 N–H and O–H groups in total. The third-order valence-corrected chi connectivity index (χ3v) is 3.54. The summed E-state index contributed by atoms with van der Waals surface area (Å²) in [4.78, 5) is 34.8. The molecule has 0 atom stereocenters. The second-order valence-corrected chi connectivity index (χ2v) is 6.24. The number of esters is 1. The fourth-order valence-electron chi connectivity index (χ4n) is 1.96. The van der Waals surface area contributed by atoms with Gasteiger partial charge >= 0.3 is 12.0 Å². The van der Waals surface area contributed by atoms with Crippen molar-refractivity contribution in [3.8, 4) is 0 Å². The molecule has 0 aliphatic heterocycles. The van der Waals surface area contributed by atoms with Crippen LogP contribution in [0.4, 0.5) is 4.79 Å². The van der Waals surface area contributed by atoms with Crippen LogP contribution >= 0.6 is 0 Å². The first kappa shape index (κ1) is 19.7. The SMILES string of the molecule is Cc1ccc(CC(=O)OCC(=O)NC(=O)NCCC(C)C)cc1C. The fourth-order valence-corrected chi connectivity index (χ4v) is 1.96. The van der Waals surface area contributed by atoms with Crippen LogP contribution in [0.3, 0.4) is 0 Å². The van der Waals surface area contributed by atoms with Gasteiger partial charge in [-0.25, -0.2) is 4.79 Å². The van der Waals surface area contributed by atoms with Gasteiger partial charge in [0, 0.05) is 6.54 Å². The van der Waals surface area contributed by atoms with Gasteiger partial charge in [0.2, 0.25) is 0 Å². The van der Waals surface area contributed by atoms with Crippen LogP contribution in [0.15, 0.2) is 18.2 Å². The van der Waals surface area contributed by atoms with E-state index in [-0.39, 0.29) is 6.42 Å². The summed E-state index contributed by atoms with van der Waals surface area (Å²) < 4.78 is 4.89. The second-order valence-electron chi connectivity index (χ2n) is 6.24. The third-order valence-electron chi connectivity index (χ3n) is 3.54. The van der Waals surface area contributed by atoms with Crippen molar-refractivity contribution in [3.05, 3.63) is 34.9 Å². The van der Waals surface area contributed by atoms with Crippen LogP contribution in [0.1, 0.15) is 37.0 Å². The zero-order valence-corrected chi connectivity index (χ0v) is 14.8. The fraction of sp³-hybridized carbons (Fsp3) is 0.500. The molecular weight excluding hydrogens is 308 g/mol. The summed E-state index contributed by atoms with van der Waals surface area (Å²) in [6, 6.07) is 5.13. The minimum atomic E-state index is -0.648. The van der Waals surface area contributed by atoms with Crippen LogP contribution in [-0.4, -0.2) is 31.1 Å². The van der Waals surface area contributed by atoms with Crippen molar-refractivity contribution < 1.29 is 19.1 Å². The topological polar surface area (TPSA) is 84.5 Å². The highest BCUT2D eigenvalue weighted by Crippen LogP contribution is 2.10. The second kappa shape index (κ2) is 9.70. The van der Waals surface area contributed by atoms with Crippen molar-refractivity contribution in [1.29, 1.82) is 0 Å². The van der Waals surface area contributed by atoms with Crippen LogP contribution in [0.2, 0.25) is 0 Å². The van der Waals surface area contributed by atoms with E-state index in [9.17, 15) is 14.4 Å². The van der Waals surface area contributed by atoms with Crippen molar-refractivity contribution in [1.82, 2.24) is 10.6 Å². The molecule has 132 valence electrons. The Morgan fingerprint density at radius 1 is 1.12 bits per heavy atom. The quantitative estimate of drug-likeness (QED) is 0.749. The molecule has 24 heavy (non-hydrogen) atoms. The summed E-state index contributed by atoms with van der Waals surface area (Å²) in [5.41, 5.74) is 3.07. The molecule has 0 aliphatic rings. The maximum atomic E-state index is 11.7. The molecule has 0 saturated carbocycles. The number of nitrogens with one attached hydrogen (secondary N) is 2. The molecule has 0 radical (unpaired) electrons. The Balaban J connectivity index is 2.29. The molecule has 0 spiro atoms. The Morgan fingerprint density at radius 3 is 2.46 bits per heavy atom. The Bertz CT molecular complexity index is 597. The van der Waals surface area contributed by atoms with E-state index in [0.29, 0.717) is 12.5 Å². The van der Waals surface area contributed by atoms with Crippen LogP contribution in [-0.2, 0) is 20.7 Å². The number of ether oxygens (including phenoxy) is 1. The van der Waals surface area contributed by atoms with Crippen LogP contribution in [0, 0.1) is 19.8 Å². The summed E-state index contributed by atoms with van der Waals surface area (Å²) in [6.07, 6.45) is 0.918. The van der Waals surface area contributed by atoms with E-state index < -0.39 is 24.5 Å². The van der Waals surface area contributed by atoms with Crippen LogP contribution in [0.5, 0.6) is 0 Å². The Hall–Kier alpha value is -2.37. The average Bonchev–Trinajstić information content (AvgIpc) is 2.48. The van der Waals surface area contributed by atoms with Crippen LogP contribution in [0.25, 0.3) is 0 Å². The molecule has 0 aliphatic carbocycles. The number of aryl methyl sites for hydroxylation is 2. The van der Waals surface area contributed by atoms with Gasteiger partial charge in [0.05, 0.1) is 6.42 Å². The molecule has 0 aromatic heterocycles. The van der Waals surface area contributed by atoms with E-state index in [1.54, 1.807) is 0 Å². The molecule has 0 saturated heterocycles. The summed E-state index contributed by atoms with van der Waals surface area (Å²) in [5.74, 6) is -0.688. The van der Waals surface area contributed by atoms with Crippen molar-refractivity contribution in [2.75, 3.05) is 13.2 Å². The van der Waals surface area contributed by atoms with Crippen molar-refractivity contribution >= 4 is 17.9 Å². The molecule has 0 bridgehead atoms. The molecule has 0 unspecified atom stereocenters. The maximum absolute atomic E-state index is 11.7. The first-order chi connectivity index (χ1) is 11.3. The predicted octanol–water partition coefficient (Wildman–Crippen LogP) is 2.26. The standard InChI is InChI=1S/C18H26N2O4/c1-12(2)7-8-19-18(23)20-16(21)11-24-17(22)10-15-6-5-13(3)14(4)9-15/h5-6,9,12H,7-8,10-11H2,1-4H3,(H2,19,20,21,23). The number of carbonyl (C=O) groups excluding carboxylic acids is 3. The van der Waals surface area contributed by atoms with Gasteiger partial charge in [-0.05, 0) is 42.9 Å². The van der Waals surface area contributed by atoms with Crippen molar-refractivity contribution in [2.45, 2.75) is 40.5 Å². The molecule has 6 heteroatoms. The molecule has 0 fully saturated rings. The number of benzene rings is 1. The van der Waals surface area contributed by atoms with Gasteiger partial charge in [-0.3, -0.25) is 14.9 Å². The van der Waals surface area contributed by atoms with E-state index in [0.717, 1.165) is 23.1 Å². The van der Waals surface area contributed by atoms with Crippen LogP contribution < -0.4 is 10.6 Å². The lowest BCUT2D eigenvalue weighted by atomic mass is 10.0. The third kappa shape index (κ3) is 7.76. The van der Waals surface area contributed by atoms with Gasteiger partial charge in [-0.1, -0.05) is 32.0 Å². The Kier molecular flexibility index (Phi) is 7.95. The lowest BCUT2D eigenvalue weighted by molar-refractivity contribution is -0.147. The lowest BCUT2D eigenvalue weighted by Crippen LogP contribution is -2.42. The zero-order valence-electron chi connectivity index (χ0n) is 14.8. The number of urea groups is 1. The van der Waals surface area contributed by atoms with E-state index in [2.05, 4.69) is 10.6 Å². The molecule has 1 rings (SSSR count). The predicted molar refractivity (Wildman–Crippen MR) is 91.6 cm³/mol. The number of amides is 3. The van der Waals surface area contributed by atoms with Crippen molar-refractivity contribution in [3.63, 3.8) is 0 Å². The van der Waals surface area contributed by atoms with Gasteiger partial charge in [0.15, 0.2) is 6.61 Å². The summed E-state index contributed by atoms with van der Waals surface area (Å²) in [7, 11) is 0. The van der Waals surface area contributed by atoms with Gasteiger partial charge < -0.3 is 10.1 Å². The van der Waals surface area contributed by atoms with E-state index in [1.807, 2.05) is 45.9 Å². The highest BCUT2D eigenvalue weighted by Gasteiger charge is 2.11. The molecular formula is C18H26N2O4. The highest BCUT2D eigenvalue weighted by molar-refractivity contribution is 5.95. The lowest BCUT2D eigenvalue weighted by Gasteiger charge is -2.09. The minimum absolute atomic E-state index is 0.0922. The molecule has 1 aromatic carbocycles. The van der Waals surface area contributed by atoms with Crippen molar-refractivity contribution in [2.24, 2.45) is 5.92 Å². The smallest absolute Gasteiger partial charge is 0.321 e. The largest absolute Gasteiger partial charge is 0.455 e. The summed E-state index contributed by atoms with van der Waals surface area (Å²) in [5, 5.41) is 4.70. The Morgan fingerprint density at radius 2 is 1.83 bits per heavy atom. The van der Waals surface area contributed by atoms with Gasteiger partial charge in [0.25, 0.3) is 5.91 Å². The summed E-state index contributed by atoms with van der Waals surface area (Å²) in [6.45, 7) is 8.06. The number of carbonyl (C=O) groups is 3. The first-order valence-corrected chi connectivity index (χ1v) is 8.07. The average molecular weight is 334 g/mol. The number of hydrogen-bond acceptors (Lipinski definition) is 4. The monoisotopic (exact) mass is 334 g/mol. The van der Waals surface area contributed by atoms with E-state index >= 15 is 0 Å². The minimum Gasteiger partial charge on any atom is -0.455 e. The number of hydrogen-bond donors (Lipinski definition) is 2. The highest BCUT2D eigenvalue weighted by atomic mass is 16.5. The molecule has 0 heterocycles. The maximum Gasteiger partial charge on any atom is 0.321 e. The van der Waals surface area contributed by atoms with Gasteiger partial charge in [0.1, 0.15) is 0 Å². The Labute approximate surface area is 143 Å². The zero-order chi connectivity index (χ0) is 18.1. The summed E-state index contributed by atoms with van der Waals surface area (Å²) >= 11 is 0. The number of imide groups is 1. The number of rotatable bonds is 7. The molecule has 1 aromatic rings. The van der Waals surface area contributed by atoms with Gasteiger partial charge in [-0.2, -0.15) is 0 Å². The van der Waals surface area contributed by atoms with E-state index in [4.69, 9.17) is 4.74 Å². The first-order valence-electron chi connectivity index (χ1n) is 8.07. The van der Waals surface area contributed by atoms with E-state index in [1.165, 1.54) is 0 Å².